The smallest absolute Gasteiger partial charge is 0.224 e. The number of carbonyl (C=O) groups is 1. The summed E-state index contributed by atoms with van der Waals surface area (Å²) < 4.78 is 17.0. The standard InChI is InChI=1S/C20H34N2O4/c1-24-11-6-19(23)21-9-4-17(5-10-21)22-14-18(26-15-16-2-3-16)20(22)7-12-25-13-8-20/h16-18H,2-15H2,1H3. The second kappa shape index (κ2) is 8.13. The van der Waals surface area contributed by atoms with Crippen molar-refractivity contribution in [3.63, 3.8) is 0 Å². The normalized spacial score (nSPS) is 29.7. The van der Waals surface area contributed by atoms with Crippen molar-refractivity contribution in [2.45, 2.75) is 62.6 Å². The van der Waals surface area contributed by atoms with Crippen molar-refractivity contribution < 1.29 is 19.0 Å². The van der Waals surface area contributed by atoms with Crippen LogP contribution in [0, 0.1) is 5.92 Å². The maximum atomic E-state index is 12.2. The number of methoxy groups -OCH3 is 1. The van der Waals surface area contributed by atoms with Gasteiger partial charge in [-0.15, -0.1) is 0 Å². The highest BCUT2D eigenvalue weighted by atomic mass is 16.5. The summed E-state index contributed by atoms with van der Waals surface area (Å²) in [5.41, 5.74) is 0.194. The monoisotopic (exact) mass is 366 g/mol. The number of ether oxygens (including phenoxy) is 3. The molecule has 0 bridgehead atoms. The number of rotatable bonds is 7. The van der Waals surface area contributed by atoms with Crippen LogP contribution >= 0.6 is 0 Å². The molecule has 3 heterocycles. The number of carbonyl (C=O) groups excluding carboxylic acids is 1. The average molecular weight is 367 g/mol. The van der Waals surface area contributed by atoms with E-state index in [4.69, 9.17) is 14.2 Å². The number of nitrogens with zero attached hydrogens (tertiary/aromatic N) is 2. The van der Waals surface area contributed by atoms with Gasteiger partial charge in [0.05, 0.1) is 24.7 Å². The van der Waals surface area contributed by atoms with E-state index >= 15 is 0 Å². The number of amides is 1. The highest BCUT2D eigenvalue weighted by Crippen LogP contribution is 2.45. The summed E-state index contributed by atoms with van der Waals surface area (Å²) in [5, 5.41) is 0. The second-order valence-corrected chi connectivity index (χ2v) is 8.49. The van der Waals surface area contributed by atoms with Crippen LogP contribution in [-0.4, -0.2) is 86.6 Å². The fourth-order valence-corrected chi connectivity index (χ4v) is 4.97. The molecule has 0 aromatic heterocycles. The van der Waals surface area contributed by atoms with Crippen LogP contribution in [0.5, 0.6) is 0 Å². The molecular weight excluding hydrogens is 332 g/mol. The molecule has 0 N–H and O–H groups in total. The first-order chi connectivity index (χ1) is 12.7. The van der Waals surface area contributed by atoms with Crippen molar-refractivity contribution in [1.82, 2.24) is 9.80 Å². The Kier molecular flexibility index (Phi) is 5.84. The van der Waals surface area contributed by atoms with Gasteiger partial charge in [-0.3, -0.25) is 9.69 Å². The molecule has 3 saturated heterocycles. The summed E-state index contributed by atoms with van der Waals surface area (Å²) in [5.74, 6) is 1.06. The highest BCUT2D eigenvalue weighted by Gasteiger charge is 2.57. The molecule has 4 aliphatic rings. The molecule has 3 aliphatic heterocycles. The van der Waals surface area contributed by atoms with Crippen molar-refractivity contribution in [3.05, 3.63) is 0 Å². The third kappa shape index (κ3) is 3.79. The molecule has 1 saturated carbocycles. The Bertz CT molecular complexity index is 482. The average Bonchev–Trinajstić information content (AvgIpc) is 3.50. The van der Waals surface area contributed by atoms with Crippen LogP contribution < -0.4 is 0 Å². The lowest BCUT2D eigenvalue weighted by Gasteiger charge is -2.63. The molecular formula is C20H34N2O4. The van der Waals surface area contributed by atoms with Crippen LogP contribution in [0.15, 0.2) is 0 Å². The molecule has 1 amide bonds. The molecule has 6 heteroatoms. The van der Waals surface area contributed by atoms with Gasteiger partial charge in [-0.05, 0) is 44.4 Å². The first kappa shape index (κ1) is 18.7. The summed E-state index contributed by atoms with van der Waals surface area (Å²) in [4.78, 5) is 16.9. The molecule has 1 aliphatic carbocycles. The van der Waals surface area contributed by atoms with Crippen LogP contribution in [0.2, 0.25) is 0 Å². The number of hydrogen-bond acceptors (Lipinski definition) is 5. The van der Waals surface area contributed by atoms with E-state index in [1.165, 1.54) is 12.8 Å². The van der Waals surface area contributed by atoms with Crippen molar-refractivity contribution in [3.8, 4) is 0 Å². The lowest BCUT2D eigenvalue weighted by Crippen LogP contribution is -2.76. The van der Waals surface area contributed by atoms with Crippen molar-refractivity contribution in [1.29, 1.82) is 0 Å². The maximum Gasteiger partial charge on any atom is 0.224 e. The maximum absolute atomic E-state index is 12.2. The van der Waals surface area contributed by atoms with E-state index < -0.39 is 0 Å². The second-order valence-electron chi connectivity index (χ2n) is 8.49. The zero-order valence-corrected chi connectivity index (χ0v) is 16.2. The van der Waals surface area contributed by atoms with Crippen LogP contribution in [0.1, 0.15) is 44.9 Å². The Morgan fingerprint density at radius 1 is 1.15 bits per heavy atom. The minimum atomic E-state index is 0.194. The highest BCUT2D eigenvalue weighted by molar-refractivity contribution is 5.76. The molecule has 0 aromatic carbocycles. The van der Waals surface area contributed by atoms with Gasteiger partial charge >= 0.3 is 0 Å². The van der Waals surface area contributed by atoms with E-state index in [2.05, 4.69) is 4.90 Å². The van der Waals surface area contributed by atoms with Gasteiger partial charge in [-0.2, -0.15) is 0 Å². The third-order valence-electron chi connectivity index (χ3n) is 6.90. The van der Waals surface area contributed by atoms with E-state index in [1.54, 1.807) is 7.11 Å². The largest absolute Gasteiger partial charge is 0.384 e. The molecule has 1 spiro atoms. The number of piperidine rings is 1. The minimum absolute atomic E-state index is 0.194. The van der Waals surface area contributed by atoms with E-state index in [9.17, 15) is 4.79 Å². The van der Waals surface area contributed by atoms with Gasteiger partial charge < -0.3 is 19.1 Å². The zero-order chi connectivity index (χ0) is 18.0. The van der Waals surface area contributed by atoms with Crippen LogP contribution in [-0.2, 0) is 19.0 Å². The van der Waals surface area contributed by atoms with Gasteiger partial charge in [0.1, 0.15) is 0 Å². The first-order valence-corrected chi connectivity index (χ1v) is 10.5. The van der Waals surface area contributed by atoms with E-state index in [0.717, 1.165) is 71.1 Å². The molecule has 4 fully saturated rings. The van der Waals surface area contributed by atoms with Crippen LogP contribution in [0.4, 0.5) is 0 Å². The Morgan fingerprint density at radius 3 is 2.54 bits per heavy atom. The van der Waals surface area contributed by atoms with Gasteiger partial charge in [-0.1, -0.05) is 0 Å². The van der Waals surface area contributed by atoms with Crippen LogP contribution in [0.25, 0.3) is 0 Å². The summed E-state index contributed by atoms with van der Waals surface area (Å²) in [6, 6.07) is 0.584. The Hall–Kier alpha value is -0.690. The molecule has 0 radical (unpaired) electrons. The fraction of sp³-hybridized carbons (Fsp3) is 0.950. The summed E-state index contributed by atoms with van der Waals surface area (Å²) in [6.45, 7) is 6.01. The van der Waals surface area contributed by atoms with Gasteiger partial charge in [0.25, 0.3) is 0 Å². The predicted molar refractivity (Wildman–Crippen MR) is 98.0 cm³/mol. The minimum Gasteiger partial charge on any atom is -0.384 e. The predicted octanol–water partition coefficient (Wildman–Crippen LogP) is 1.67. The van der Waals surface area contributed by atoms with Crippen molar-refractivity contribution in [2.75, 3.05) is 53.2 Å². The molecule has 1 atom stereocenters. The molecule has 0 aromatic rings. The molecule has 148 valence electrons. The number of likely N-dealkylation sites (tertiary alicyclic amines) is 2. The van der Waals surface area contributed by atoms with Gasteiger partial charge in [0, 0.05) is 52.6 Å². The van der Waals surface area contributed by atoms with Crippen molar-refractivity contribution in [2.24, 2.45) is 5.92 Å². The molecule has 6 nitrogen and oxygen atoms in total. The fourth-order valence-electron chi connectivity index (χ4n) is 4.97. The lowest BCUT2D eigenvalue weighted by atomic mass is 9.73. The summed E-state index contributed by atoms with van der Waals surface area (Å²) >= 11 is 0. The lowest BCUT2D eigenvalue weighted by molar-refractivity contribution is -0.217. The quantitative estimate of drug-likeness (QED) is 0.686. The Balaban J connectivity index is 1.31. The van der Waals surface area contributed by atoms with Gasteiger partial charge in [-0.25, -0.2) is 0 Å². The summed E-state index contributed by atoms with van der Waals surface area (Å²) in [6.07, 6.45) is 7.93. The molecule has 4 rings (SSSR count). The first-order valence-electron chi connectivity index (χ1n) is 10.5. The van der Waals surface area contributed by atoms with E-state index in [-0.39, 0.29) is 11.4 Å². The Labute approximate surface area is 157 Å². The molecule has 1 unspecified atom stereocenters. The summed E-state index contributed by atoms with van der Waals surface area (Å²) in [7, 11) is 1.65. The number of hydrogen-bond donors (Lipinski definition) is 0. The van der Waals surface area contributed by atoms with Gasteiger partial charge in [0.15, 0.2) is 0 Å². The zero-order valence-electron chi connectivity index (χ0n) is 16.2. The Morgan fingerprint density at radius 2 is 1.88 bits per heavy atom. The van der Waals surface area contributed by atoms with Gasteiger partial charge in [0.2, 0.25) is 5.91 Å². The van der Waals surface area contributed by atoms with E-state index in [0.29, 0.717) is 25.2 Å². The van der Waals surface area contributed by atoms with E-state index in [1.807, 2.05) is 4.90 Å². The van der Waals surface area contributed by atoms with Crippen LogP contribution in [0.3, 0.4) is 0 Å². The third-order valence-corrected chi connectivity index (χ3v) is 6.90. The van der Waals surface area contributed by atoms with Crippen molar-refractivity contribution >= 4 is 5.91 Å². The topological polar surface area (TPSA) is 51.2 Å². The molecule has 26 heavy (non-hydrogen) atoms. The SMILES string of the molecule is COCCC(=O)N1CCC(N2CC(OCC3CC3)C23CCOCC3)CC1.